The Bertz CT molecular complexity index is 749. The first-order chi connectivity index (χ1) is 11.0. The lowest BCUT2D eigenvalue weighted by Gasteiger charge is -2.10. The zero-order valence-corrected chi connectivity index (χ0v) is 13.0. The minimum Gasteiger partial charge on any atom is -0.493 e. The van der Waals surface area contributed by atoms with E-state index in [0.29, 0.717) is 11.5 Å². The first-order valence-electron chi connectivity index (χ1n) is 6.53. The molecule has 0 aromatic heterocycles. The Morgan fingerprint density at radius 1 is 1.30 bits per heavy atom. The molecule has 0 bridgehead atoms. The highest BCUT2D eigenvalue weighted by Crippen LogP contribution is 2.35. The number of amidine groups is 1. The SMILES string of the molecule is COc1ccccc1Oc1cc(N=C(N)CCl)cc([N+](=O)[O-])c1. The number of halogens is 1. The maximum absolute atomic E-state index is 11.1. The van der Waals surface area contributed by atoms with Crippen LogP contribution < -0.4 is 15.2 Å². The van der Waals surface area contributed by atoms with E-state index in [-0.39, 0.29) is 28.8 Å². The summed E-state index contributed by atoms with van der Waals surface area (Å²) in [4.78, 5) is 14.5. The Labute approximate surface area is 137 Å². The van der Waals surface area contributed by atoms with Crippen LogP contribution in [0.2, 0.25) is 0 Å². The van der Waals surface area contributed by atoms with Crippen molar-refractivity contribution >= 4 is 28.8 Å². The standard InChI is InChI=1S/C15H14ClN3O4/c1-22-13-4-2-3-5-14(13)23-12-7-10(18-15(17)9-16)6-11(8-12)19(20)21/h2-8H,9H2,1H3,(H2,17,18). The number of para-hydroxylation sites is 2. The second kappa shape index (κ2) is 7.46. The van der Waals surface area contributed by atoms with E-state index >= 15 is 0 Å². The molecule has 0 atom stereocenters. The second-order valence-electron chi connectivity index (χ2n) is 4.43. The first-order valence-corrected chi connectivity index (χ1v) is 7.06. The van der Waals surface area contributed by atoms with E-state index in [1.165, 1.54) is 25.3 Å². The van der Waals surface area contributed by atoms with Gasteiger partial charge >= 0.3 is 0 Å². The van der Waals surface area contributed by atoms with Crippen LogP contribution in [0.5, 0.6) is 17.2 Å². The van der Waals surface area contributed by atoms with Crippen LogP contribution in [0.15, 0.2) is 47.5 Å². The van der Waals surface area contributed by atoms with Gasteiger partial charge in [-0.3, -0.25) is 10.1 Å². The summed E-state index contributed by atoms with van der Waals surface area (Å²) in [5.74, 6) is 1.34. The molecule has 8 heteroatoms. The zero-order chi connectivity index (χ0) is 16.8. The molecule has 23 heavy (non-hydrogen) atoms. The number of benzene rings is 2. The highest BCUT2D eigenvalue weighted by molar-refractivity contribution is 6.28. The summed E-state index contributed by atoms with van der Waals surface area (Å²) in [5, 5.41) is 11.1. The molecule has 0 spiro atoms. The van der Waals surface area contributed by atoms with Crippen LogP contribution in [-0.4, -0.2) is 23.7 Å². The normalized spacial score (nSPS) is 11.1. The summed E-state index contributed by atoms with van der Waals surface area (Å²) < 4.78 is 10.9. The molecule has 0 aliphatic rings. The molecule has 2 rings (SSSR count). The van der Waals surface area contributed by atoms with Gasteiger partial charge in [-0.2, -0.15) is 0 Å². The molecule has 0 heterocycles. The number of non-ortho nitro benzene ring substituents is 1. The number of hydrogen-bond donors (Lipinski definition) is 1. The van der Waals surface area contributed by atoms with Gasteiger partial charge in [0, 0.05) is 12.1 Å². The van der Waals surface area contributed by atoms with Crippen LogP contribution in [0.25, 0.3) is 0 Å². The van der Waals surface area contributed by atoms with Gasteiger partial charge < -0.3 is 15.2 Å². The smallest absolute Gasteiger partial charge is 0.275 e. The maximum Gasteiger partial charge on any atom is 0.275 e. The summed E-state index contributed by atoms with van der Waals surface area (Å²) in [6.45, 7) is 0. The van der Waals surface area contributed by atoms with Crippen molar-refractivity contribution in [1.29, 1.82) is 0 Å². The fourth-order valence-electron chi connectivity index (χ4n) is 1.82. The van der Waals surface area contributed by atoms with E-state index < -0.39 is 4.92 Å². The molecule has 0 unspecified atom stereocenters. The van der Waals surface area contributed by atoms with Gasteiger partial charge in [0.25, 0.3) is 5.69 Å². The van der Waals surface area contributed by atoms with Crippen molar-refractivity contribution in [2.45, 2.75) is 0 Å². The maximum atomic E-state index is 11.1. The molecule has 0 aliphatic carbocycles. The van der Waals surface area contributed by atoms with E-state index in [1.807, 2.05) is 0 Å². The van der Waals surface area contributed by atoms with E-state index in [4.69, 9.17) is 26.8 Å². The minimum absolute atomic E-state index is 0.0192. The number of aliphatic imine (C=N–C) groups is 1. The van der Waals surface area contributed by atoms with Gasteiger partial charge in [-0.1, -0.05) is 12.1 Å². The Balaban J connectivity index is 2.43. The average molecular weight is 336 g/mol. The lowest BCUT2D eigenvalue weighted by molar-refractivity contribution is -0.384. The number of nitro benzene ring substituents is 1. The number of hydrogen-bond acceptors (Lipinski definition) is 5. The van der Waals surface area contributed by atoms with Crippen LogP contribution in [0.3, 0.4) is 0 Å². The molecule has 0 fully saturated rings. The van der Waals surface area contributed by atoms with Crippen LogP contribution in [0, 0.1) is 10.1 Å². The number of ether oxygens (including phenoxy) is 2. The Morgan fingerprint density at radius 2 is 2.00 bits per heavy atom. The van der Waals surface area contributed by atoms with Crippen LogP contribution >= 0.6 is 11.6 Å². The van der Waals surface area contributed by atoms with Gasteiger partial charge in [-0.15, -0.1) is 11.6 Å². The first kappa shape index (κ1) is 16.6. The quantitative estimate of drug-likeness (QED) is 0.286. The molecule has 0 saturated carbocycles. The Morgan fingerprint density at radius 3 is 2.61 bits per heavy atom. The third-order valence-electron chi connectivity index (χ3n) is 2.79. The molecule has 0 aliphatic heterocycles. The van der Waals surface area contributed by atoms with Crippen molar-refractivity contribution in [1.82, 2.24) is 0 Å². The van der Waals surface area contributed by atoms with E-state index in [2.05, 4.69) is 4.99 Å². The summed E-state index contributed by atoms with van der Waals surface area (Å²) in [6, 6.07) is 11.1. The van der Waals surface area contributed by atoms with Crippen LogP contribution in [-0.2, 0) is 0 Å². The number of nitrogens with two attached hydrogens (primary N) is 1. The predicted molar refractivity (Wildman–Crippen MR) is 88.2 cm³/mol. The van der Waals surface area contributed by atoms with E-state index in [1.54, 1.807) is 24.3 Å². The fourth-order valence-corrected chi connectivity index (χ4v) is 1.88. The molecule has 7 nitrogen and oxygen atoms in total. The number of rotatable bonds is 6. The highest BCUT2D eigenvalue weighted by Gasteiger charge is 2.13. The molecule has 0 radical (unpaired) electrons. The molecule has 0 saturated heterocycles. The third kappa shape index (κ3) is 4.33. The number of nitrogens with zero attached hydrogens (tertiary/aromatic N) is 2. The predicted octanol–water partition coefficient (Wildman–Crippen LogP) is 3.62. The third-order valence-corrected chi connectivity index (χ3v) is 3.07. The van der Waals surface area contributed by atoms with Gasteiger partial charge in [-0.25, -0.2) is 4.99 Å². The van der Waals surface area contributed by atoms with Crippen molar-refractivity contribution in [2.75, 3.05) is 13.0 Å². The van der Waals surface area contributed by atoms with Crippen molar-refractivity contribution in [3.05, 3.63) is 52.6 Å². The Kier molecular flexibility index (Phi) is 5.37. The average Bonchev–Trinajstić information content (AvgIpc) is 2.55. The topological polar surface area (TPSA) is 100.0 Å². The van der Waals surface area contributed by atoms with Gasteiger partial charge in [0.2, 0.25) is 0 Å². The number of nitro groups is 1. The zero-order valence-electron chi connectivity index (χ0n) is 12.2. The van der Waals surface area contributed by atoms with Gasteiger partial charge in [0.1, 0.15) is 11.6 Å². The summed E-state index contributed by atoms with van der Waals surface area (Å²) in [5.41, 5.74) is 5.68. The van der Waals surface area contributed by atoms with Gasteiger partial charge in [-0.05, 0) is 12.1 Å². The second-order valence-corrected chi connectivity index (χ2v) is 4.70. The Hall–Kier alpha value is -2.80. The molecule has 0 amide bonds. The van der Waals surface area contributed by atoms with Gasteiger partial charge in [0.15, 0.2) is 11.5 Å². The monoisotopic (exact) mass is 335 g/mol. The lowest BCUT2D eigenvalue weighted by atomic mass is 10.2. The minimum atomic E-state index is -0.537. The fraction of sp³-hybridized carbons (Fsp3) is 0.133. The molecule has 2 aromatic rings. The van der Waals surface area contributed by atoms with E-state index in [9.17, 15) is 10.1 Å². The molecular weight excluding hydrogens is 322 g/mol. The summed E-state index contributed by atoms with van der Waals surface area (Å²) in [7, 11) is 1.51. The lowest BCUT2D eigenvalue weighted by Crippen LogP contribution is -2.12. The highest BCUT2D eigenvalue weighted by atomic mass is 35.5. The largest absolute Gasteiger partial charge is 0.493 e. The molecule has 2 aromatic carbocycles. The molecular formula is C15H14ClN3O4. The van der Waals surface area contributed by atoms with Crippen molar-refractivity contribution in [2.24, 2.45) is 10.7 Å². The van der Waals surface area contributed by atoms with Crippen molar-refractivity contribution in [3.8, 4) is 17.2 Å². The number of methoxy groups -OCH3 is 1. The van der Waals surface area contributed by atoms with Crippen LogP contribution in [0.4, 0.5) is 11.4 Å². The van der Waals surface area contributed by atoms with Crippen LogP contribution in [0.1, 0.15) is 0 Å². The summed E-state index contributed by atoms with van der Waals surface area (Å²) >= 11 is 5.58. The summed E-state index contributed by atoms with van der Waals surface area (Å²) in [6.07, 6.45) is 0. The molecule has 120 valence electrons. The van der Waals surface area contributed by atoms with E-state index in [0.717, 1.165) is 0 Å². The van der Waals surface area contributed by atoms with Crippen molar-refractivity contribution < 1.29 is 14.4 Å². The van der Waals surface area contributed by atoms with Gasteiger partial charge in [0.05, 0.1) is 29.7 Å². The number of alkyl halides is 1. The van der Waals surface area contributed by atoms with Crippen molar-refractivity contribution in [3.63, 3.8) is 0 Å². The molecule has 2 N–H and O–H groups in total.